The van der Waals surface area contributed by atoms with Crippen molar-refractivity contribution < 1.29 is 59.6 Å². The molecule has 1 aromatic heterocycles. The number of aliphatic hydroxyl groups is 1. The van der Waals surface area contributed by atoms with E-state index in [1.807, 2.05) is 112 Å². The van der Waals surface area contributed by atoms with Crippen LogP contribution >= 0.6 is 34.7 Å². The highest BCUT2D eigenvalue weighted by Crippen LogP contribution is 2.45. The Kier molecular flexibility index (Phi) is 29.2. The molecule has 1 unspecified atom stereocenters. The Morgan fingerprint density at radius 3 is 2.13 bits per heavy atom. The number of nitrogens with zero attached hydrogens (tertiary/aromatic N) is 7. The summed E-state index contributed by atoms with van der Waals surface area (Å²) in [4.78, 5) is 86.6. The molecule has 6 aromatic rings. The number of sulfone groups is 1. The molecule has 1 aliphatic carbocycles. The monoisotopic (exact) mass is 1620 g/mol. The first kappa shape index (κ1) is 84.7. The molecule has 0 saturated carbocycles. The van der Waals surface area contributed by atoms with Crippen molar-refractivity contribution in [2.75, 3.05) is 121 Å². The number of unbranched alkanes of at least 4 members (excludes halogenated alkanes) is 3. The largest absolute Gasteiger partial charge is 0.501 e. The number of carbonyl (C=O) groups excluding carboxylic acids is 5. The van der Waals surface area contributed by atoms with Gasteiger partial charge in [-0.05, 0) is 152 Å². The quantitative estimate of drug-likeness (QED) is 0.0201. The van der Waals surface area contributed by atoms with E-state index in [4.69, 9.17) is 16.3 Å². The van der Waals surface area contributed by atoms with Crippen LogP contribution in [0.15, 0.2) is 147 Å². The molecule has 0 radical (unpaired) electrons. The van der Waals surface area contributed by atoms with Crippen molar-refractivity contribution in [1.29, 1.82) is 0 Å². The number of carbonyl (C=O) groups is 5. The number of nitrogens with one attached hydrogen (secondary N) is 4. The first-order valence-corrected chi connectivity index (χ1v) is 43.4. The number of anilines is 2. The molecular formula is C82H105ClF3N11O10S4. The molecule has 0 spiro atoms. The van der Waals surface area contributed by atoms with Gasteiger partial charge >= 0.3 is 5.51 Å². The van der Waals surface area contributed by atoms with Crippen molar-refractivity contribution in [3.8, 4) is 10.4 Å². The van der Waals surface area contributed by atoms with Crippen LogP contribution in [0.5, 0.6) is 0 Å². The zero-order valence-corrected chi connectivity index (χ0v) is 68.2. The van der Waals surface area contributed by atoms with Gasteiger partial charge in [-0.25, -0.2) is 17.6 Å². The lowest BCUT2D eigenvalue weighted by Gasteiger charge is -2.44. The average molecular weight is 1630 g/mol. The smallest absolute Gasteiger partial charge is 0.391 e. The molecule has 600 valence electrons. The van der Waals surface area contributed by atoms with Crippen LogP contribution < -0.4 is 25.6 Å². The number of rotatable bonds is 31. The summed E-state index contributed by atoms with van der Waals surface area (Å²) in [5.74, 6) is -1.26. The summed E-state index contributed by atoms with van der Waals surface area (Å²) in [5.41, 5.74) is 2.99. The van der Waals surface area contributed by atoms with E-state index in [-0.39, 0.29) is 64.7 Å². The molecule has 7 atom stereocenters. The van der Waals surface area contributed by atoms with Gasteiger partial charge in [0.15, 0.2) is 11.0 Å². The Hall–Kier alpha value is -7.25. The van der Waals surface area contributed by atoms with E-state index in [1.165, 1.54) is 45.5 Å². The highest BCUT2D eigenvalue weighted by Gasteiger charge is 2.49. The van der Waals surface area contributed by atoms with E-state index in [9.17, 15) is 54.9 Å². The molecular weight excluding hydrogens is 1520 g/mol. The lowest BCUT2D eigenvalue weighted by molar-refractivity contribution is -0.144. The van der Waals surface area contributed by atoms with Gasteiger partial charge in [0.1, 0.15) is 17.0 Å². The second-order valence-corrected chi connectivity index (χ2v) is 36.9. The van der Waals surface area contributed by atoms with Gasteiger partial charge in [-0.15, -0.1) is 23.1 Å². The maximum atomic E-state index is 14.4. The number of ether oxygens (including phenoxy) is 1. The summed E-state index contributed by atoms with van der Waals surface area (Å²) in [6.07, 6.45) is 5.95. The minimum Gasteiger partial charge on any atom is -0.391 e. The molecule has 111 heavy (non-hydrogen) atoms. The molecule has 4 aliphatic heterocycles. The summed E-state index contributed by atoms with van der Waals surface area (Å²) in [7, 11) is -8.40. The number of aliphatic hydroxyl groups excluding tert-OH is 1. The molecule has 5 heterocycles. The van der Waals surface area contributed by atoms with Crippen molar-refractivity contribution >= 4 is 102 Å². The first-order valence-electron chi connectivity index (χ1n) is 38.5. The van der Waals surface area contributed by atoms with Gasteiger partial charge in [0.25, 0.3) is 15.7 Å². The number of β-amino-alcohol motifs (C(OH)–C–C–N with tert-alkyl or cyclic N) is 1. The number of benzene rings is 5. The van der Waals surface area contributed by atoms with Gasteiger partial charge in [0.05, 0.1) is 52.0 Å². The zero-order valence-electron chi connectivity index (χ0n) is 64.2. The number of amides is 5. The second kappa shape index (κ2) is 38.3. The number of thiazole rings is 1. The maximum absolute atomic E-state index is 14.4. The second-order valence-electron chi connectivity index (χ2n) is 31.4. The van der Waals surface area contributed by atoms with Gasteiger partial charge in [-0.1, -0.05) is 112 Å². The van der Waals surface area contributed by atoms with Gasteiger partial charge < -0.3 is 40.5 Å². The highest BCUT2D eigenvalue weighted by atomic mass is 35.5. The summed E-state index contributed by atoms with van der Waals surface area (Å²) in [6.45, 7) is 22.5. The van der Waals surface area contributed by atoms with Gasteiger partial charge in [-0.2, -0.15) is 13.2 Å². The number of aromatic nitrogens is 1. The van der Waals surface area contributed by atoms with Crippen LogP contribution in [-0.2, 0) is 44.7 Å². The van der Waals surface area contributed by atoms with Crippen molar-refractivity contribution in [2.24, 2.45) is 10.8 Å². The number of allylic oxidation sites excluding steroid dienone is 1. The minimum atomic E-state index is -5.95. The van der Waals surface area contributed by atoms with Crippen LogP contribution in [-0.4, -0.2) is 217 Å². The molecule has 21 nitrogen and oxygen atoms in total. The molecule has 11 rings (SSSR count). The Morgan fingerprint density at radius 2 is 1.47 bits per heavy atom. The third kappa shape index (κ3) is 22.8. The molecule has 4 saturated heterocycles. The van der Waals surface area contributed by atoms with E-state index >= 15 is 0 Å². The minimum absolute atomic E-state index is 0.0105. The van der Waals surface area contributed by atoms with Crippen molar-refractivity contribution in [3.05, 3.63) is 160 Å². The third-order valence-corrected chi connectivity index (χ3v) is 26.8. The standard InChI is InChI=1S/C82H105ClF3N11O10S4/c1-56(58-18-20-60(21-19-58)75-57(2)87-55-109-75)88-78(102)71-48-66(98)52-97(71)79(103)76(80(3,4)5)90-73(99)16-12-7-8-13-17-74(100)96-42-38-94(39-43-96)54-81(6)34-32-69(59-22-26-63(83)27-23-59)62(50-81)51-93-36-40-95(41-37-93)65-28-24-61(25-29-65)77(101)91-110(104)68-30-31-70(72(49-68)111(105,106)82(84,85)86)89-64(33-35-92-44-46-107-47-45-92)53-108-67-14-10-9-11-15-67/h9-11,14-15,18-31,49,55-56,64,66,71,76,89,98H,7-8,12-13,16-17,32-48,50-54H2,1-6H3,(H,88,102)(H,90,99)(H,91,101)/t56-,64+,66+,71-,76+,81+,110?/m0/s1. The van der Waals surface area contributed by atoms with Crippen molar-refractivity contribution in [2.45, 2.75) is 163 Å². The summed E-state index contributed by atoms with van der Waals surface area (Å²) >= 11 is 9.46. The van der Waals surface area contributed by atoms with Gasteiger partial charge in [0, 0.05) is 144 Å². The highest BCUT2D eigenvalue weighted by molar-refractivity contribution is 7.99. The number of morpholine rings is 1. The number of piperazine rings is 2. The Labute approximate surface area is 666 Å². The van der Waals surface area contributed by atoms with Gasteiger partial charge in [-0.3, -0.25) is 43.4 Å². The lowest BCUT2D eigenvalue weighted by atomic mass is 9.71. The van der Waals surface area contributed by atoms with E-state index in [0.29, 0.717) is 95.5 Å². The van der Waals surface area contributed by atoms with Crippen LogP contribution in [0, 0.1) is 17.8 Å². The van der Waals surface area contributed by atoms with Crippen molar-refractivity contribution in [1.82, 2.24) is 44.8 Å². The topological polar surface area (TPSA) is 246 Å². The number of hydrogen-bond donors (Lipinski definition) is 5. The predicted molar refractivity (Wildman–Crippen MR) is 433 cm³/mol. The first-order chi connectivity index (χ1) is 53.0. The maximum Gasteiger partial charge on any atom is 0.501 e. The average Bonchev–Trinajstić information content (AvgIpc) is 1.27. The Balaban J connectivity index is 0.614. The molecule has 0 bridgehead atoms. The molecule has 5 aromatic carbocycles. The van der Waals surface area contributed by atoms with Crippen LogP contribution in [0.1, 0.15) is 138 Å². The number of halogens is 4. The van der Waals surface area contributed by atoms with Gasteiger partial charge in [0.2, 0.25) is 23.6 Å². The normalized spacial score (nSPS) is 20.3. The molecule has 5 amide bonds. The number of aryl methyl sites for hydroxylation is 1. The fraction of sp³-hybridized carbons (Fsp3) is 0.512. The number of hydrogen-bond acceptors (Lipinski definition) is 18. The van der Waals surface area contributed by atoms with Crippen LogP contribution in [0.25, 0.3) is 16.0 Å². The number of thioether (sulfide) groups is 1. The summed E-state index contributed by atoms with van der Waals surface area (Å²) in [5, 5.41) is 20.6. The lowest BCUT2D eigenvalue weighted by Crippen LogP contribution is -2.57. The number of likely N-dealkylation sites (tertiary alicyclic amines) is 1. The van der Waals surface area contributed by atoms with E-state index in [1.54, 1.807) is 35.6 Å². The van der Waals surface area contributed by atoms with Crippen LogP contribution in [0.2, 0.25) is 5.02 Å². The van der Waals surface area contributed by atoms with E-state index < -0.39 is 72.7 Å². The summed E-state index contributed by atoms with van der Waals surface area (Å²) < 4.78 is 91.2. The summed E-state index contributed by atoms with van der Waals surface area (Å²) in [6, 6.07) is 32.8. The third-order valence-electron chi connectivity index (χ3n) is 21.9. The molecule has 5 N–H and O–H groups in total. The van der Waals surface area contributed by atoms with Crippen molar-refractivity contribution in [3.63, 3.8) is 0 Å². The number of alkyl halides is 3. The predicted octanol–water partition coefficient (Wildman–Crippen LogP) is 12.4. The fourth-order valence-electron chi connectivity index (χ4n) is 15.5. The van der Waals surface area contributed by atoms with E-state index in [0.717, 1.165) is 110 Å². The fourth-order valence-corrected chi connectivity index (χ4v) is 19.2. The van der Waals surface area contributed by atoms with Crippen LogP contribution in [0.4, 0.5) is 24.5 Å². The molecule has 5 aliphatic rings. The van der Waals surface area contributed by atoms with E-state index in [2.05, 4.69) is 64.3 Å². The Morgan fingerprint density at radius 1 is 0.802 bits per heavy atom. The Bertz CT molecular complexity index is 4340. The molecule has 4 fully saturated rings. The van der Waals surface area contributed by atoms with Crippen LogP contribution in [0.3, 0.4) is 0 Å². The zero-order chi connectivity index (χ0) is 79.2. The SMILES string of the molecule is Cc1ncsc1-c1ccc([C@H](C)NC(=O)[C@@H]2C[C@@H](O)CN2C(=O)[C@@H](NC(=O)CCCCCCC(=O)N2CCN(C[C@]3(C)CCC(c4ccc(Cl)cc4)=C(CN4CCN(c5ccc(C(=O)NS(=O)c6ccc(N[C@H](CCN7CCOCC7)CSc7ccccc7)c(S(=O)(=O)C(F)(F)F)c6)cc5)CC4)C3)CC2)C(C)(C)C)cc1. The molecule has 29 heteroatoms.